The van der Waals surface area contributed by atoms with Crippen LogP contribution in [0.3, 0.4) is 0 Å². The number of amides is 1. The van der Waals surface area contributed by atoms with E-state index >= 15 is 0 Å². The van der Waals surface area contributed by atoms with Crippen molar-refractivity contribution >= 4 is 27.6 Å². The van der Waals surface area contributed by atoms with E-state index in [1.807, 2.05) is 0 Å². The average molecular weight is 466 g/mol. The first kappa shape index (κ1) is 23.9. The molecule has 1 N–H and O–H groups in total. The summed E-state index contributed by atoms with van der Waals surface area (Å²) in [6.45, 7) is 5.30. The number of sulfonamides is 1. The van der Waals surface area contributed by atoms with Crippen LogP contribution in [-0.2, 0) is 26.6 Å². The number of esters is 1. The van der Waals surface area contributed by atoms with E-state index in [0.717, 1.165) is 0 Å². The number of anilines is 1. The van der Waals surface area contributed by atoms with Crippen LogP contribution in [0.15, 0.2) is 29.2 Å². The molecule has 2 heterocycles. The zero-order valence-electron chi connectivity index (χ0n) is 18.6. The van der Waals surface area contributed by atoms with Crippen LogP contribution in [0.1, 0.15) is 41.5 Å². The molecule has 1 saturated heterocycles. The minimum Gasteiger partial charge on any atom is -0.462 e. The van der Waals surface area contributed by atoms with Crippen molar-refractivity contribution < 1.29 is 27.1 Å². The van der Waals surface area contributed by atoms with Crippen LogP contribution in [-0.4, -0.2) is 48.9 Å². The van der Waals surface area contributed by atoms with Gasteiger partial charge in [-0.25, -0.2) is 17.6 Å². The molecule has 1 aromatic heterocycles. The lowest BCUT2D eigenvalue weighted by Gasteiger charge is -2.31. The van der Waals surface area contributed by atoms with Gasteiger partial charge in [-0.2, -0.15) is 4.31 Å². The van der Waals surface area contributed by atoms with Gasteiger partial charge in [-0.1, -0.05) is 6.07 Å². The highest BCUT2D eigenvalue weighted by atomic mass is 32.2. The maximum atomic E-state index is 13.6. The van der Waals surface area contributed by atoms with Crippen molar-refractivity contribution in [2.24, 2.45) is 13.0 Å². The molecule has 8 nitrogen and oxygen atoms in total. The molecule has 0 bridgehead atoms. The van der Waals surface area contributed by atoms with Crippen LogP contribution in [0.4, 0.5) is 10.1 Å². The first-order valence-electron chi connectivity index (χ1n) is 10.5. The minimum absolute atomic E-state index is 0.0261. The molecule has 10 heteroatoms. The molecule has 0 saturated carbocycles. The summed E-state index contributed by atoms with van der Waals surface area (Å²) in [6, 6.07) is 5.53. The second-order valence-corrected chi connectivity index (χ2v) is 9.73. The molecule has 2 aromatic rings. The van der Waals surface area contributed by atoms with Gasteiger partial charge in [0.25, 0.3) is 0 Å². The molecular formula is C22H28FN3O5S. The number of nitrogens with zero attached hydrogens (tertiary/aromatic N) is 2. The molecule has 32 heavy (non-hydrogen) atoms. The summed E-state index contributed by atoms with van der Waals surface area (Å²) in [7, 11) is -2.37. The summed E-state index contributed by atoms with van der Waals surface area (Å²) in [5.41, 5.74) is 1.26. The Labute approximate surface area is 187 Å². The number of rotatable bonds is 6. The van der Waals surface area contributed by atoms with E-state index < -0.39 is 27.7 Å². The zero-order chi connectivity index (χ0) is 23.6. The smallest absolute Gasteiger partial charge is 0.341 e. The largest absolute Gasteiger partial charge is 0.462 e. The maximum absolute atomic E-state index is 13.6. The summed E-state index contributed by atoms with van der Waals surface area (Å²) in [4.78, 5) is 25.2. The van der Waals surface area contributed by atoms with Crippen molar-refractivity contribution in [1.82, 2.24) is 8.87 Å². The first-order valence-corrected chi connectivity index (χ1v) is 11.9. The third-order valence-corrected chi connectivity index (χ3v) is 7.88. The number of hydrogen-bond donors (Lipinski definition) is 1. The third-order valence-electron chi connectivity index (χ3n) is 5.85. The molecule has 1 aromatic carbocycles. The van der Waals surface area contributed by atoms with Crippen LogP contribution < -0.4 is 5.32 Å². The molecule has 0 spiro atoms. The van der Waals surface area contributed by atoms with Crippen molar-refractivity contribution in [1.29, 1.82) is 0 Å². The Morgan fingerprint density at radius 1 is 1.25 bits per heavy atom. The first-order chi connectivity index (χ1) is 15.1. The van der Waals surface area contributed by atoms with Gasteiger partial charge in [-0.15, -0.1) is 0 Å². The Kier molecular flexibility index (Phi) is 7.04. The number of hydrogen-bond acceptors (Lipinski definition) is 5. The van der Waals surface area contributed by atoms with Crippen LogP contribution in [0, 0.1) is 25.6 Å². The van der Waals surface area contributed by atoms with Gasteiger partial charge in [-0.05, 0) is 51.8 Å². The van der Waals surface area contributed by atoms with Gasteiger partial charge in [0, 0.05) is 37.2 Å². The van der Waals surface area contributed by atoms with Crippen LogP contribution in [0.2, 0.25) is 0 Å². The summed E-state index contributed by atoms with van der Waals surface area (Å²) in [5.74, 6) is -2.14. The number of nitrogens with one attached hydrogen (secondary N) is 1. The predicted molar refractivity (Wildman–Crippen MR) is 117 cm³/mol. The Hall–Kier alpha value is -2.72. The third kappa shape index (κ3) is 4.56. The van der Waals surface area contributed by atoms with Gasteiger partial charge in [-0.3, -0.25) is 4.79 Å². The van der Waals surface area contributed by atoms with Crippen molar-refractivity contribution in [3.05, 3.63) is 47.0 Å². The molecule has 1 unspecified atom stereocenters. The minimum atomic E-state index is -4.06. The molecule has 174 valence electrons. The predicted octanol–water partition coefficient (Wildman–Crippen LogP) is 3.00. The van der Waals surface area contributed by atoms with E-state index in [-0.39, 0.29) is 36.1 Å². The van der Waals surface area contributed by atoms with Gasteiger partial charge in [0.2, 0.25) is 15.9 Å². The van der Waals surface area contributed by atoms with Crippen LogP contribution in [0.5, 0.6) is 0 Å². The van der Waals surface area contributed by atoms with E-state index in [1.165, 1.54) is 22.5 Å². The molecule has 0 aliphatic carbocycles. The van der Waals surface area contributed by atoms with Gasteiger partial charge in [0.1, 0.15) is 16.3 Å². The summed E-state index contributed by atoms with van der Waals surface area (Å²) >= 11 is 0. The fourth-order valence-electron chi connectivity index (χ4n) is 3.99. The average Bonchev–Trinajstić information content (AvgIpc) is 2.98. The van der Waals surface area contributed by atoms with Crippen molar-refractivity contribution in [2.75, 3.05) is 25.0 Å². The molecule has 1 atom stereocenters. The maximum Gasteiger partial charge on any atom is 0.341 e. The molecule has 0 radical (unpaired) electrons. The lowest BCUT2D eigenvalue weighted by Crippen LogP contribution is -2.44. The molecule has 3 rings (SSSR count). The van der Waals surface area contributed by atoms with E-state index in [2.05, 4.69) is 5.32 Å². The van der Waals surface area contributed by atoms with Gasteiger partial charge in [0.15, 0.2) is 0 Å². The van der Waals surface area contributed by atoms with E-state index in [0.29, 0.717) is 29.9 Å². The van der Waals surface area contributed by atoms with Crippen LogP contribution >= 0.6 is 0 Å². The fraction of sp³-hybridized carbons (Fsp3) is 0.455. The normalized spacial score (nSPS) is 17.2. The van der Waals surface area contributed by atoms with E-state index in [1.54, 1.807) is 38.5 Å². The summed E-state index contributed by atoms with van der Waals surface area (Å²) in [5, 5.41) is 2.66. The number of ether oxygens (including phenoxy) is 1. The van der Waals surface area contributed by atoms with E-state index in [4.69, 9.17) is 4.74 Å². The van der Waals surface area contributed by atoms with Gasteiger partial charge >= 0.3 is 5.97 Å². The number of carbonyl (C=O) groups is 2. The molecule has 1 aliphatic heterocycles. The second-order valence-electron chi connectivity index (χ2n) is 7.86. The highest BCUT2D eigenvalue weighted by Gasteiger charge is 2.39. The fourth-order valence-corrected chi connectivity index (χ4v) is 5.99. The SMILES string of the molecule is CCOC(=O)c1c(S(=O)(=O)N2CCCC(C(=O)Nc3cccc(F)c3)C2)c(C)n(C)c1C. The van der Waals surface area contributed by atoms with Crippen molar-refractivity contribution in [3.63, 3.8) is 0 Å². The number of benzene rings is 1. The van der Waals surface area contributed by atoms with Crippen molar-refractivity contribution in [2.45, 2.75) is 38.5 Å². The number of aromatic nitrogens is 1. The Balaban J connectivity index is 1.88. The molecule has 1 aliphatic rings. The zero-order valence-corrected chi connectivity index (χ0v) is 19.5. The Morgan fingerprint density at radius 3 is 2.62 bits per heavy atom. The number of halogens is 1. The number of carbonyl (C=O) groups excluding carboxylic acids is 2. The van der Waals surface area contributed by atoms with Gasteiger partial charge in [0.05, 0.1) is 12.5 Å². The molecular weight excluding hydrogens is 437 g/mol. The number of piperidine rings is 1. The second kappa shape index (κ2) is 9.41. The highest BCUT2D eigenvalue weighted by molar-refractivity contribution is 7.89. The van der Waals surface area contributed by atoms with Crippen LogP contribution in [0.25, 0.3) is 0 Å². The Morgan fingerprint density at radius 2 is 1.97 bits per heavy atom. The topological polar surface area (TPSA) is 97.7 Å². The quantitative estimate of drug-likeness (QED) is 0.662. The lowest BCUT2D eigenvalue weighted by atomic mass is 9.99. The monoisotopic (exact) mass is 465 g/mol. The highest BCUT2D eigenvalue weighted by Crippen LogP contribution is 2.32. The Bertz CT molecular complexity index is 1140. The van der Waals surface area contributed by atoms with Gasteiger partial charge < -0.3 is 14.6 Å². The summed E-state index contributed by atoms with van der Waals surface area (Å²) in [6.07, 6.45) is 0.991. The molecule has 1 fully saturated rings. The molecule has 1 amide bonds. The standard InChI is InChI=1S/C22H28FN3O5S/c1-5-31-22(28)19-14(2)25(4)15(3)20(19)32(29,30)26-11-7-8-16(13-26)21(27)24-18-10-6-9-17(23)12-18/h6,9-10,12,16H,5,7-8,11,13H2,1-4H3,(H,24,27). The van der Waals surface area contributed by atoms with Crippen molar-refractivity contribution in [3.8, 4) is 0 Å². The lowest BCUT2D eigenvalue weighted by molar-refractivity contribution is -0.120. The summed E-state index contributed by atoms with van der Waals surface area (Å²) < 4.78 is 48.6. The van der Waals surface area contributed by atoms with E-state index in [9.17, 15) is 22.4 Å².